The van der Waals surface area contributed by atoms with E-state index in [-0.39, 0.29) is 42.0 Å². The van der Waals surface area contributed by atoms with E-state index in [1.165, 1.54) is 18.6 Å². The van der Waals surface area contributed by atoms with Crippen molar-refractivity contribution in [2.75, 3.05) is 13.1 Å². The average Bonchev–Trinajstić information content (AvgIpc) is 2.99. The number of hydrogen-bond acceptors (Lipinski definition) is 6. The van der Waals surface area contributed by atoms with Crippen molar-refractivity contribution in [3.05, 3.63) is 12.1 Å². The van der Waals surface area contributed by atoms with Crippen molar-refractivity contribution in [3.63, 3.8) is 0 Å². The second-order valence-electron chi connectivity index (χ2n) is 9.07. The number of hydrogen-bond donors (Lipinski definition) is 3. The fraction of sp³-hybridized carbons (Fsp3) is 0.727. The maximum Gasteiger partial charge on any atom is 0.334 e. The third-order valence-corrected chi connectivity index (χ3v) is 6.56. The highest BCUT2D eigenvalue weighted by molar-refractivity contribution is 5.80. The Labute approximate surface area is 179 Å². The summed E-state index contributed by atoms with van der Waals surface area (Å²) in [6, 6.07) is 3.33. The lowest BCUT2D eigenvalue weighted by atomic mass is 9.75. The van der Waals surface area contributed by atoms with E-state index in [2.05, 4.69) is 44.8 Å². The Morgan fingerprint density at radius 2 is 1.77 bits per heavy atom. The second kappa shape index (κ2) is 10.2. The summed E-state index contributed by atoms with van der Waals surface area (Å²) in [5, 5.41) is 21.9. The van der Waals surface area contributed by atoms with E-state index < -0.39 is 5.97 Å². The van der Waals surface area contributed by atoms with Crippen LogP contribution in [0.4, 0.5) is 0 Å². The van der Waals surface area contributed by atoms with Gasteiger partial charge in [0.2, 0.25) is 17.7 Å². The largest absolute Gasteiger partial charge is 0.492 e. The van der Waals surface area contributed by atoms with Crippen molar-refractivity contribution in [2.24, 2.45) is 11.3 Å². The Bertz CT molecular complexity index is 701. The molecular weight excluding hydrogens is 386 g/mol. The minimum atomic E-state index is -0.665. The molecular formula is C22H37N3O5. The Balaban J connectivity index is 1.95. The smallest absolute Gasteiger partial charge is 0.334 e. The minimum absolute atomic E-state index is 0.0636. The predicted molar refractivity (Wildman–Crippen MR) is 114 cm³/mol. The Kier molecular flexibility index (Phi) is 8.18. The zero-order valence-corrected chi connectivity index (χ0v) is 18.9. The van der Waals surface area contributed by atoms with Crippen LogP contribution in [-0.4, -0.2) is 56.9 Å². The first-order valence-electron chi connectivity index (χ1n) is 10.9. The molecule has 2 rings (SSSR count). The summed E-state index contributed by atoms with van der Waals surface area (Å²) in [7, 11) is 0. The summed E-state index contributed by atoms with van der Waals surface area (Å²) in [5.74, 6) is -1.68. The molecule has 8 nitrogen and oxygen atoms in total. The van der Waals surface area contributed by atoms with E-state index in [4.69, 9.17) is 4.84 Å². The third kappa shape index (κ3) is 5.90. The Morgan fingerprint density at radius 1 is 1.20 bits per heavy atom. The van der Waals surface area contributed by atoms with Crippen molar-refractivity contribution >= 4 is 11.9 Å². The van der Waals surface area contributed by atoms with Gasteiger partial charge >= 0.3 is 5.97 Å². The summed E-state index contributed by atoms with van der Waals surface area (Å²) in [6.07, 6.45) is 4.32. The number of nitrogens with zero attached hydrogens (tertiary/aromatic N) is 2. The molecule has 3 atom stereocenters. The lowest BCUT2D eigenvalue weighted by Crippen LogP contribution is -2.52. The van der Waals surface area contributed by atoms with Gasteiger partial charge in [-0.05, 0) is 32.1 Å². The van der Waals surface area contributed by atoms with E-state index in [0.717, 1.165) is 19.3 Å². The number of likely N-dealkylation sites (tertiary alicyclic amines) is 1. The topological polar surface area (TPSA) is 104 Å². The summed E-state index contributed by atoms with van der Waals surface area (Å²) in [6.45, 7) is 11.6. The van der Waals surface area contributed by atoms with Crippen LogP contribution in [0.1, 0.15) is 66.7 Å². The van der Waals surface area contributed by atoms with Gasteiger partial charge in [0.05, 0.1) is 12.3 Å². The van der Waals surface area contributed by atoms with Gasteiger partial charge in [-0.2, -0.15) is 0 Å². The van der Waals surface area contributed by atoms with Gasteiger partial charge in [0.15, 0.2) is 0 Å². The molecule has 0 saturated carbocycles. The van der Waals surface area contributed by atoms with Gasteiger partial charge in [-0.3, -0.25) is 9.69 Å². The van der Waals surface area contributed by atoms with Gasteiger partial charge in [0.25, 0.3) is 0 Å². The van der Waals surface area contributed by atoms with Crippen LogP contribution in [0.3, 0.4) is 0 Å². The number of nitrogens with one attached hydrogen (secondary N) is 1. The van der Waals surface area contributed by atoms with Gasteiger partial charge in [-0.1, -0.05) is 33.6 Å². The molecule has 0 aromatic carbocycles. The second-order valence-corrected chi connectivity index (χ2v) is 9.07. The molecule has 30 heavy (non-hydrogen) atoms. The van der Waals surface area contributed by atoms with Crippen LogP contribution in [-0.2, 0) is 9.59 Å². The van der Waals surface area contributed by atoms with E-state index in [1.807, 2.05) is 0 Å². The molecule has 3 N–H and O–H groups in total. The van der Waals surface area contributed by atoms with E-state index in [0.29, 0.717) is 23.4 Å². The SMILES string of the molecule is CCC(C)(C)C(CN1C(C)CCCC1C)C(=O)NCCC(=O)On1c(O)ccc1O. The zero-order valence-electron chi connectivity index (χ0n) is 18.9. The van der Waals surface area contributed by atoms with Crippen molar-refractivity contribution < 1.29 is 24.6 Å². The van der Waals surface area contributed by atoms with Gasteiger partial charge < -0.3 is 20.4 Å². The number of aromatic nitrogens is 1. The summed E-state index contributed by atoms with van der Waals surface area (Å²) in [4.78, 5) is 32.4. The molecule has 1 aliphatic rings. The van der Waals surface area contributed by atoms with Crippen molar-refractivity contribution in [3.8, 4) is 11.8 Å². The van der Waals surface area contributed by atoms with Crippen molar-refractivity contribution in [2.45, 2.75) is 78.8 Å². The predicted octanol–water partition coefficient (Wildman–Crippen LogP) is 2.68. The number of carbonyl (C=O) groups is 2. The van der Waals surface area contributed by atoms with Crippen LogP contribution in [0.25, 0.3) is 0 Å². The maximum absolute atomic E-state index is 13.1. The summed E-state index contributed by atoms with van der Waals surface area (Å²) in [5.41, 5.74) is -0.176. The first-order chi connectivity index (χ1) is 14.1. The van der Waals surface area contributed by atoms with Crippen LogP contribution < -0.4 is 10.2 Å². The Hall–Kier alpha value is -2.22. The first kappa shape index (κ1) is 24.1. The Morgan fingerprint density at radius 3 is 2.30 bits per heavy atom. The van der Waals surface area contributed by atoms with E-state index in [9.17, 15) is 19.8 Å². The number of carbonyl (C=O) groups excluding carboxylic acids is 2. The molecule has 0 aliphatic carbocycles. The van der Waals surface area contributed by atoms with Crippen LogP contribution in [0.15, 0.2) is 12.1 Å². The molecule has 8 heteroatoms. The highest BCUT2D eigenvalue weighted by Gasteiger charge is 2.37. The fourth-order valence-corrected chi connectivity index (χ4v) is 4.03. The van der Waals surface area contributed by atoms with Gasteiger partial charge in [0.1, 0.15) is 0 Å². The minimum Gasteiger partial charge on any atom is -0.492 e. The highest BCUT2D eigenvalue weighted by Crippen LogP contribution is 2.34. The molecule has 1 aromatic heterocycles. The quantitative estimate of drug-likeness (QED) is 0.564. The molecule has 3 unspecified atom stereocenters. The van der Waals surface area contributed by atoms with Crippen molar-refractivity contribution in [1.82, 2.24) is 14.9 Å². The molecule has 0 bridgehead atoms. The lowest BCUT2D eigenvalue weighted by molar-refractivity contribution is -0.145. The average molecular weight is 424 g/mol. The summed E-state index contributed by atoms with van der Waals surface area (Å²) < 4.78 is 0.645. The highest BCUT2D eigenvalue weighted by atomic mass is 16.7. The number of rotatable bonds is 9. The standard InChI is InChI=1S/C22H37N3O5/c1-6-22(4,5)17(14-24-15(2)8-7-9-16(24)3)21(29)23-13-12-20(28)30-25-18(26)10-11-19(25)27/h10-11,15-17,26-27H,6-9,12-14H2,1-5H3,(H,23,29). The zero-order chi connectivity index (χ0) is 22.5. The fourth-order valence-electron chi connectivity index (χ4n) is 4.03. The normalized spacial score (nSPS) is 21.2. The molecule has 1 fully saturated rings. The number of piperidine rings is 1. The summed E-state index contributed by atoms with van der Waals surface area (Å²) >= 11 is 0. The van der Waals surface area contributed by atoms with Gasteiger partial charge in [-0.25, -0.2) is 4.79 Å². The maximum atomic E-state index is 13.1. The molecule has 0 spiro atoms. The van der Waals surface area contributed by atoms with Gasteiger partial charge in [-0.15, -0.1) is 4.73 Å². The van der Waals surface area contributed by atoms with E-state index in [1.54, 1.807) is 0 Å². The van der Waals surface area contributed by atoms with Gasteiger partial charge in [0, 0.05) is 37.3 Å². The van der Waals surface area contributed by atoms with Crippen LogP contribution in [0.5, 0.6) is 11.8 Å². The monoisotopic (exact) mass is 423 g/mol. The van der Waals surface area contributed by atoms with Crippen LogP contribution >= 0.6 is 0 Å². The van der Waals surface area contributed by atoms with Crippen LogP contribution in [0, 0.1) is 11.3 Å². The number of aromatic hydroxyl groups is 2. The first-order valence-corrected chi connectivity index (χ1v) is 10.9. The molecule has 2 heterocycles. The van der Waals surface area contributed by atoms with Crippen LogP contribution in [0.2, 0.25) is 0 Å². The number of amides is 1. The lowest BCUT2D eigenvalue weighted by Gasteiger charge is -2.43. The molecule has 1 saturated heterocycles. The third-order valence-electron chi connectivity index (χ3n) is 6.56. The molecule has 1 aliphatic heterocycles. The van der Waals surface area contributed by atoms with E-state index >= 15 is 0 Å². The van der Waals surface area contributed by atoms with Crippen molar-refractivity contribution in [1.29, 1.82) is 0 Å². The molecule has 1 amide bonds. The molecule has 0 radical (unpaired) electrons. The molecule has 170 valence electrons. The molecule has 1 aromatic rings.